The molecule has 6 nitrogen and oxygen atoms in total. The number of hydrogen-bond donors (Lipinski definition) is 2. The number of thiocarbonyl (C=S) groups is 1. The summed E-state index contributed by atoms with van der Waals surface area (Å²) < 4.78 is 0. The van der Waals surface area contributed by atoms with Crippen molar-refractivity contribution >= 4 is 30.1 Å². The van der Waals surface area contributed by atoms with Crippen LogP contribution in [0, 0.1) is 5.92 Å². The average Bonchev–Trinajstić information content (AvgIpc) is 3.16. The molecule has 2 N–H and O–H groups in total. The van der Waals surface area contributed by atoms with Gasteiger partial charge in [-0.1, -0.05) is 207 Å². The number of nitrogens with zero attached hydrogens (tertiary/aromatic N) is 2. The van der Waals surface area contributed by atoms with Crippen LogP contribution in [0.5, 0.6) is 0 Å². The summed E-state index contributed by atoms with van der Waals surface area (Å²) in [6, 6.07) is 0. The quantitative estimate of drug-likeness (QED) is 0.0365. The standard InChI is InChI=1S/C37H77N3S.C9H18O.CH2O2/c1-6-9-12-15-16-17-21-26-33-40(35-28-32-38-37(41)39(4)5)34-27-22-18-20-25-31-36(29-23-14-11-8-3)30-24-19-13-10-7-2;1-2-3-4-5-6-7-8-9-10;2-1-3/h36H,6-35H2,1-5H3,(H,38,41);9H,2-8H2,1H3;1H,(H,2,3). The molecule has 0 radical (unpaired) electrons. The lowest BCUT2D eigenvalue weighted by Gasteiger charge is -2.23. The largest absolute Gasteiger partial charge is 0.483 e. The van der Waals surface area contributed by atoms with Crippen molar-refractivity contribution in [3.8, 4) is 0 Å². The topological polar surface area (TPSA) is 72.9 Å². The second-order valence-electron chi connectivity index (χ2n) is 16.1. The van der Waals surface area contributed by atoms with E-state index in [-0.39, 0.29) is 6.47 Å². The average molecular weight is 784 g/mol. The lowest BCUT2D eigenvalue weighted by atomic mass is 9.89. The predicted octanol–water partition coefficient (Wildman–Crippen LogP) is 14.2. The number of aldehydes is 1. The van der Waals surface area contributed by atoms with Crippen molar-refractivity contribution in [3.05, 3.63) is 0 Å². The van der Waals surface area contributed by atoms with E-state index in [0.29, 0.717) is 0 Å². The van der Waals surface area contributed by atoms with Crippen LogP contribution < -0.4 is 5.32 Å². The number of hydrogen-bond acceptors (Lipinski definition) is 4. The first-order chi connectivity index (χ1) is 26.4. The summed E-state index contributed by atoms with van der Waals surface area (Å²) in [5.41, 5.74) is 0. The molecule has 0 saturated carbocycles. The van der Waals surface area contributed by atoms with Gasteiger partial charge in [-0.2, -0.15) is 0 Å². The third-order valence-corrected chi connectivity index (χ3v) is 11.1. The van der Waals surface area contributed by atoms with E-state index in [9.17, 15) is 4.79 Å². The summed E-state index contributed by atoms with van der Waals surface area (Å²) in [4.78, 5) is 23.0. The molecule has 0 bridgehead atoms. The Morgan fingerprint density at radius 2 is 0.833 bits per heavy atom. The molecule has 0 heterocycles. The van der Waals surface area contributed by atoms with E-state index in [1.54, 1.807) is 0 Å². The maximum atomic E-state index is 9.89. The highest BCUT2D eigenvalue weighted by Gasteiger charge is 2.09. The molecule has 0 aromatic rings. The SMILES string of the molecule is CCCCCCCCC=O.CCCCCCCCCCN(CCCCCCCC(CCCCCC)CCCCCCC)CCCNC(=S)N(C)C.O=CO. The molecule has 0 spiro atoms. The fraction of sp³-hybridized carbons (Fsp3) is 0.936. The molecule has 0 aliphatic rings. The molecular weight excluding hydrogens is 687 g/mol. The van der Waals surface area contributed by atoms with Gasteiger partial charge in [0.25, 0.3) is 6.47 Å². The normalized spacial score (nSPS) is 11.3. The highest BCUT2D eigenvalue weighted by Crippen LogP contribution is 2.24. The number of carboxylic acid groups (broad SMARTS) is 1. The molecule has 1 atom stereocenters. The first-order valence-corrected chi connectivity index (χ1v) is 24.0. The number of nitrogens with one attached hydrogen (secondary N) is 1. The minimum absolute atomic E-state index is 0.250. The Morgan fingerprint density at radius 1 is 0.519 bits per heavy atom. The van der Waals surface area contributed by atoms with Crippen molar-refractivity contribution in [1.82, 2.24) is 15.1 Å². The van der Waals surface area contributed by atoms with E-state index in [2.05, 4.69) is 37.9 Å². The summed E-state index contributed by atoms with van der Waals surface area (Å²) in [5.74, 6) is 1.00. The molecule has 7 heteroatoms. The minimum Gasteiger partial charge on any atom is -0.483 e. The zero-order chi connectivity index (χ0) is 40.6. The molecule has 54 heavy (non-hydrogen) atoms. The molecule has 0 saturated heterocycles. The maximum Gasteiger partial charge on any atom is 0.290 e. The molecule has 0 aliphatic carbocycles. The summed E-state index contributed by atoms with van der Waals surface area (Å²) in [5, 5.41) is 11.2. The molecular formula is C47H97N3O3S. The van der Waals surface area contributed by atoms with Crippen LogP contribution in [0.1, 0.15) is 240 Å². The fourth-order valence-corrected chi connectivity index (χ4v) is 7.20. The lowest BCUT2D eigenvalue weighted by molar-refractivity contribution is -0.122. The summed E-state index contributed by atoms with van der Waals surface area (Å²) >= 11 is 5.40. The van der Waals surface area contributed by atoms with Gasteiger partial charge in [0.2, 0.25) is 0 Å². The third-order valence-electron chi connectivity index (χ3n) is 10.6. The van der Waals surface area contributed by atoms with Crippen molar-refractivity contribution in [2.75, 3.05) is 40.3 Å². The van der Waals surface area contributed by atoms with Gasteiger partial charge < -0.3 is 25.0 Å². The highest BCUT2D eigenvalue weighted by atomic mass is 32.1. The van der Waals surface area contributed by atoms with E-state index in [4.69, 9.17) is 22.1 Å². The first kappa shape index (κ1) is 57.1. The Balaban J connectivity index is -0.00000169. The van der Waals surface area contributed by atoms with Gasteiger partial charge in [0.05, 0.1) is 0 Å². The summed E-state index contributed by atoms with van der Waals surface area (Å²) in [7, 11) is 4.04. The molecule has 0 aromatic heterocycles. The van der Waals surface area contributed by atoms with Gasteiger partial charge in [-0.05, 0) is 63.5 Å². The Labute approximate surface area is 344 Å². The van der Waals surface area contributed by atoms with Crippen LogP contribution >= 0.6 is 12.2 Å². The third kappa shape index (κ3) is 50.8. The molecule has 0 rings (SSSR count). The molecule has 0 amide bonds. The second kappa shape index (κ2) is 51.8. The van der Waals surface area contributed by atoms with Crippen LogP contribution in [0.3, 0.4) is 0 Å². The van der Waals surface area contributed by atoms with Gasteiger partial charge in [-0.25, -0.2) is 0 Å². The Kier molecular flexibility index (Phi) is 54.8. The van der Waals surface area contributed by atoms with Crippen molar-refractivity contribution in [2.24, 2.45) is 5.92 Å². The zero-order valence-electron chi connectivity index (χ0n) is 37.5. The van der Waals surface area contributed by atoms with Crippen molar-refractivity contribution in [1.29, 1.82) is 0 Å². The Morgan fingerprint density at radius 3 is 1.20 bits per heavy atom. The lowest BCUT2D eigenvalue weighted by Crippen LogP contribution is -2.36. The first-order valence-electron chi connectivity index (χ1n) is 23.6. The number of carbonyl (C=O) groups is 2. The van der Waals surface area contributed by atoms with Gasteiger partial charge in [0.1, 0.15) is 6.29 Å². The predicted molar refractivity (Wildman–Crippen MR) is 244 cm³/mol. The Hall–Kier alpha value is -1.21. The molecule has 0 aromatic carbocycles. The zero-order valence-corrected chi connectivity index (χ0v) is 38.3. The fourth-order valence-electron chi connectivity index (χ4n) is 7.10. The van der Waals surface area contributed by atoms with Crippen LogP contribution in [0.2, 0.25) is 0 Å². The maximum absolute atomic E-state index is 9.89. The summed E-state index contributed by atoms with van der Waals surface area (Å²) in [6.07, 6.45) is 46.4. The minimum atomic E-state index is -0.250. The van der Waals surface area contributed by atoms with Crippen LogP contribution in [-0.4, -0.2) is 73.1 Å². The summed E-state index contributed by atoms with van der Waals surface area (Å²) in [6.45, 7) is 13.7. The van der Waals surface area contributed by atoms with Gasteiger partial charge in [0, 0.05) is 27.1 Å². The van der Waals surface area contributed by atoms with E-state index in [1.807, 2.05) is 19.0 Å². The van der Waals surface area contributed by atoms with E-state index in [0.717, 1.165) is 36.7 Å². The van der Waals surface area contributed by atoms with Crippen LogP contribution in [0.4, 0.5) is 0 Å². The molecule has 0 aliphatic heterocycles. The van der Waals surface area contributed by atoms with Crippen LogP contribution in [-0.2, 0) is 9.59 Å². The van der Waals surface area contributed by atoms with E-state index in [1.165, 1.54) is 219 Å². The van der Waals surface area contributed by atoms with E-state index < -0.39 is 0 Å². The van der Waals surface area contributed by atoms with Crippen molar-refractivity contribution < 1.29 is 14.7 Å². The highest BCUT2D eigenvalue weighted by molar-refractivity contribution is 7.80. The van der Waals surface area contributed by atoms with Gasteiger partial charge in [-0.3, -0.25) is 4.79 Å². The van der Waals surface area contributed by atoms with Crippen molar-refractivity contribution in [3.63, 3.8) is 0 Å². The smallest absolute Gasteiger partial charge is 0.290 e. The molecule has 0 fully saturated rings. The number of rotatable bonds is 39. The molecule has 324 valence electrons. The number of carbonyl (C=O) groups excluding carboxylic acids is 1. The van der Waals surface area contributed by atoms with Crippen molar-refractivity contribution in [2.45, 2.75) is 240 Å². The Bertz CT molecular complexity index is 724. The van der Waals surface area contributed by atoms with Gasteiger partial charge >= 0.3 is 0 Å². The second-order valence-corrected chi connectivity index (χ2v) is 16.5. The van der Waals surface area contributed by atoms with E-state index >= 15 is 0 Å². The van der Waals surface area contributed by atoms with Gasteiger partial charge in [0.15, 0.2) is 5.11 Å². The van der Waals surface area contributed by atoms with Crippen LogP contribution in [0.15, 0.2) is 0 Å². The molecule has 1 unspecified atom stereocenters. The van der Waals surface area contributed by atoms with Crippen LogP contribution in [0.25, 0.3) is 0 Å². The monoisotopic (exact) mass is 784 g/mol. The van der Waals surface area contributed by atoms with Gasteiger partial charge in [-0.15, -0.1) is 0 Å². The number of unbranched alkanes of at least 4 members (excludes halogenated alkanes) is 24.